The van der Waals surface area contributed by atoms with Crippen LogP contribution in [0, 0.1) is 6.92 Å². The molecule has 0 bridgehead atoms. The van der Waals surface area contributed by atoms with Crippen molar-refractivity contribution >= 4 is 33.7 Å². The molecule has 0 spiro atoms. The zero-order valence-corrected chi connectivity index (χ0v) is 12.2. The molecule has 0 fully saturated rings. The fourth-order valence-electron chi connectivity index (χ4n) is 1.38. The molecular weight excluding hydrogens is 292 g/mol. The smallest absolute Gasteiger partial charge is 0.213 e. The fraction of sp³-hybridized carbons (Fsp3) is 0.500. The van der Waals surface area contributed by atoms with Crippen molar-refractivity contribution < 1.29 is 13.2 Å². The number of halogens is 1. The lowest BCUT2D eigenvalue weighted by atomic mass is 10.3. The van der Waals surface area contributed by atoms with Gasteiger partial charge in [-0.25, -0.2) is 23.1 Å². The van der Waals surface area contributed by atoms with E-state index in [9.17, 15) is 13.2 Å². The SMILES string of the molecule is CCNS(=O)(=O)CCNc1nc(C)nc(Cl)c1C=O. The molecule has 1 rings (SSSR count). The number of rotatable bonds is 7. The highest BCUT2D eigenvalue weighted by Gasteiger charge is 2.12. The Morgan fingerprint density at radius 3 is 2.63 bits per heavy atom. The summed E-state index contributed by atoms with van der Waals surface area (Å²) in [6, 6.07) is 0. The summed E-state index contributed by atoms with van der Waals surface area (Å²) in [4.78, 5) is 18.7. The largest absolute Gasteiger partial charge is 0.368 e. The van der Waals surface area contributed by atoms with Gasteiger partial charge >= 0.3 is 0 Å². The van der Waals surface area contributed by atoms with Gasteiger partial charge in [-0.2, -0.15) is 0 Å². The lowest BCUT2D eigenvalue weighted by Crippen LogP contribution is -2.29. The maximum Gasteiger partial charge on any atom is 0.213 e. The Labute approximate surface area is 116 Å². The maximum atomic E-state index is 11.4. The molecule has 19 heavy (non-hydrogen) atoms. The van der Waals surface area contributed by atoms with Crippen molar-refractivity contribution in [2.45, 2.75) is 13.8 Å². The van der Waals surface area contributed by atoms with Gasteiger partial charge in [0.15, 0.2) is 6.29 Å². The predicted molar refractivity (Wildman–Crippen MR) is 73.1 cm³/mol. The van der Waals surface area contributed by atoms with Crippen molar-refractivity contribution in [1.29, 1.82) is 0 Å². The second kappa shape index (κ2) is 6.78. The van der Waals surface area contributed by atoms with Gasteiger partial charge in [0.1, 0.15) is 16.8 Å². The average Bonchev–Trinajstić information content (AvgIpc) is 2.28. The molecule has 9 heteroatoms. The van der Waals surface area contributed by atoms with E-state index < -0.39 is 10.0 Å². The summed E-state index contributed by atoms with van der Waals surface area (Å²) in [6.45, 7) is 3.77. The van der Waals surface area contributed by atoms with Crippen LogP contribution in [0.15, 0.2) is 0 Å². The quantitative estimate of drug-likeness (QED) is 0.565. The second-order valence-corrected chi connectivity index (χ2v) is 5.97. The van der Waals surface area contributed by atoms with Crippen LogP contribution >= 0.6 is 11.6 Å². The Bertz CT molecular complexity index is 562. The van der Waals surface area contributed by atoms with Crippen molar-refractivity contribution in [3.05, 3.63) is 16.5 Å². The molecule has 7 nitrogen and oxygen atoms in total. The van der Waals surface area contributed by atoms with Crippen molar-refractivity contribution in [1.82, 2.24) is 14.7 Å². The summed E-state index contributed by atoms with van der Waals surface area (Å²) in [6.07, 6.45) is 0.531. The van der Waals surface area contributed by atoms with Crippen LogP contribution in [0.3, 0.4) is 0 Å². The Morgan fingerprint density at radius 1 is 1.37 bits per heavy atom. The van der Waals surface area contributed by atoms with Gasteiger partial charge in [0.25, 0.3) is 0 Å². The summed E-state index contributed by atoms with van der Waals surface area (Å²) in [5.74, 6) is 0.506. The number of sulfonamides is 1. The van der Waals surface area contributed by atoms with Gasteiger partial charge < -0.3 is 5.32 Å². The lowest BCUT2D eigenvalue weighted by Gasteiger charge is -2.10. The third-order valence-corrected chi connectivity index (χ3v) is 3.91. The number of hydrogen-bond acceptors (Lipinski definition) is 6. The third kappa shape index (κ3) is 4.73. The molecule has 0 aliphatic heterocycles. The first-order valence-corrected chi connectivity index (χ1v) is 7.63. The van der Waals surface area contributed by atoms with Crippen molar-refractivity contribution in [3.8, 4) is 0 Å². The molecule has 0 aliphatic carbocycles. The molecule has 0 radical (unpaired) electrons. The highest BCUT2D eigenvalue weighted by Crippen LogP contribution is 2.18. The molecule has 0 saturated heterocycles. The number of aromatic nitrogens is 2. The minimum absolute atomic E-state index is 0.0412. The van der Waals surface area contributed by atoms with E-state index >= 15 is 0 Å². The van der Waals surface area contributed by atoms with Crippen molar-refractivity contribution in [3.63, 3.8) is 0 Å². The lowest BCUT2D eigenvalue weighted by molar-refractivity contribution is 0.112. The topological polar surface area (TPSA) is 101 Å². The van der Waals surface area contributed by atoms with Crippen molar-refractivity contribution in [2.75, 3.05) is 24.2 Å². The van der Waals surface area contributed by atoms with Gasteiger partial charge in [0.05, 0.1) is 11.3 Å². The first kappa shape index (κ1) is 15.8. The van der Waals surface area contributed by atoms with E-state index in [0.29, 0.717) is 18.7 Å². The summed E-state index contributed by atoms with van der Waals surface area (Å²) in [5, 5.41) is 2.82. The molecular formula is C10H15ClN4O3S. The van der Waals surface area contributed by atoms with Crippen molar-refractivity contribution in [2.24, 2.45) is 0 Å². The number of carbonyl (C=O) groups is 1. The number of nitrogens with zero attached hydrogens (tertiary/aromatic N) is 2. The van der Waals surface area contributed by atoms with Gasteiger partial charge in [0, 0.05) is 13.1 Å². The number of anilines is 1. The predicted octanol–water partition coefficient (Wildman–Crippen LogP) is 0.602. The molecule has 0 amide bonds. The van der Waals surface area contributed by atoms with Crippen LogP contribution in [0.1, 0.15) is 23.1 Å². The zero-order valence-electron chi connectivity index (χ0n) is 10.6. The van der Waals surface area contributed by atoms with Crippen LogP contribution < -0.4 is 10.0 Å². The molecule has 1 heterocycles. The molecule has 1 aromatic rings. The van der Waals surface area contributed by atoms with Gasteiger partial charge in [-0.05, 0) is 6.92 Å². The van der Waals surface area contributed by atoms with E-state index in [4.69, 9.17) is 11.6 Å². The van der Waals surface area contributed by atoms with E-state index in [1.165, 1.54) is 0 Å². The molecule has 0 unspecified atom stereocenters. The highest BCUT2D eigenvalue weighted by molar-refractivity contribution is 7.89. The van der Waals surface area contributed by atoms with E-state index in [1.54, 1.807) is 13.8 Å². The minimum atomic E-state index is -3.32. The molecule has 0 aromatic carbocycles. The maximum absolute atomic E-state index is 11.4. The van der Waals surface area contributed by atoms with E-state index in [1.807, 2.05) is 0 Å². The third-order valence-electron chi connectivity index (χ3n) is 2.16. The van der Waals surface area contributed by atoms with Crippen LogP contribution in [0.5, 0.6) is 0 Å². The molecule has 106 valence electrons. The van der Waals surface area contributed by atoms with Crippen LogP contribution in [-0.2, 0) is 10.0 Å². The summed E-state index contributed by atoms with van der Waals surface area (Å²) < 4.78 is 25.2. The van der Waals surface area contributed by atoms with E-state index in [0.717, 1.165) is 0 Å². The van der Waals surface area contributed by atoms with Gasteiger partial charge in [-0.1, -0.05) is 18.5 Å². The van der Waals surface area contributed by atoms with Gasteiger partial charge in [0.2, 0.25) is 10.0 Å². The Hall–Kier alpha value is -1.25. The first-order chi connectivity index (χ1) is 8.89. The number of hydrogen-bond donors (Lipinski definition) is 2. The first-order valence-electron chi connectivity index (χ1n) is 5.60. The van der Waals surface area contributed by atoms with Crippen LogP contribution in [-0.4, -0.2) is 43.5 Å². The van der Waals surface area contributed by atoms with Crippen LogP contribution in [0.2, 0.25) is 5.15 Å². The Morgan fingerprint density at radius 2 is 2.05 bits per heavy atom. The van der Waals surface area contributed by atoms with Gasteiger partial charge in [-0.15, -0.1) is 0 Å². The molecule has 0 saturated carbocycles. The molecule has 0 atom stereocenters. The second-order valence-electron chi connectivity index (χ2n) is 3.69. The summed E-state index contributed by atoms with van der Waals surface area (Å²) in [5.41, 5.74) is 0.119. The Kier molecular flexibility index (Phi) is 5.64. The molecule has 1 aromatic heterocycles. The van der Waals surface area contributed by atoms with Gasteiger partial charge in [-0.3, -0.25) is 4.79 Å². The monoisotopic (exact) mass is 306 g/mol. The van der Waals surface area contributed by atoms with Crippen LogP contribution in [0.4, 0.5) is 5.82 Å². The molecule has 2 N–H and O–H groups in total. The number of aryl methyl sites for hydroxylation is 1. The summed E-state index contributed by atoms with van der Waals surface area (Å²) >= 11 is 5.80. The van der Waals surface area contributed by atoms with Crippen LogP contribution in [0.25, 0.3) is 0 Å². The summed E-state index contributed by atoms with van der Waals surface area (Å²) in [7, 11) is -3.32. The normalized spacial score (nSPS) is 11.3. The highest BCUT2D eigenvalue weighted by atomic mass is 35.5. The number of nitrogens with one attached hydrogen (secondary N) is 2. The number of aldehydes is 1. The van der Waals surface area contributed by atoms with E-state index in [2.05, 4.69) is 20.0 Å². The zero-order chi connectivity index (χ0) is 14.5. The molecule has 0 aliphatic rings. The Balaban J connectivity index is 2.76. The van der Waals surface area contributed by atoms with E-state index in [-0.39, 0.29) is 28.8 Å². The number of carbonyl (C=O) groups excluding carboxylic acids is 1. The minimum Gasteiger partial charge on any atom is -0.368 e. The fourth-order valence-corrected chi connectivity index (χ4v) is 2.59. The standard InChI is InChI=1S/C10H15ClN4O3S/c1-3-13-19(17,18)5-4-12-10-8(6-16)9(11)14-7(2)15-10/h6,13H,3-5H2,1-2H3,(H,12,14,15). The average molecular weight is 307 g/mol.